The molecule has 4 aromatic heterocycles. The average molecular weight is 587 g/mol. The average Bonchev–Trinajstić information content (AvgIpc) is 2.97. The van der Waals surface area contributed by atoms with Crippen LogP contribution < -0.4 is 10.2 Å². The summed E-state index contributed by atoms with van der Waals surface area (Å²) in [5, 5.41) is 0.570. The van der Waals surface area contributed by atoms with E-state index in [1.807, 2.05) is 35.1 Å². The molecule has 41 heavy (non-hydrogen) atoms. The fourth-order valence-electron chi connectivity index (χ4n) is 4.21. The lowest BCUT2D eigenvalue weighted by atomic mass is 10.0. The fourth-order valence-corrected chi connectivity index (χ4v) is 5.39. The van der Waals surface area contributed by atoms with Gasteiger partial charge in [-0.3, -0.25) is 14.6 Å². The van der Waals surface area contributed by atoms with Gasteiger partial charge in [-0.25, -0.2) is 24.1 Å². The van der Waals surface area contributed by atoms with Gasteiger partial charge >= 0.3 is 0 Å². The fraction of sp³-hybridized carbons (Fsp3) is 0. The predicted molar refractivity (Wildman–Crippen MR) is 150 cm³/mol. The molecule has 0 saturated carbocycles. The van der Waals surface area contributed by atoms with Gasteiger partial charge in [0.1, 0.15) is 11.5 Å². The van der Waals surface area contributed by atoms with E-state index >= 15 is 0 Å². The minimum absolute atomic E-state index is 0.0453. The van der Waals surface area contributed by atoms with Crippen molar-refractivity contribution in [2.45, 2.75) is 5.03 Å². The van der Waals surface area contributed by atoms with Gasteiger partial charge in [-0.15, -0.1) is 0 Å². The Labute approximate surface area is 236 Å². The zero-order valence-electron chi connectivity index (χ0n) is 20.7. The first-order valence-electron chi connectivity index (χ1n) is 11.9. The number of aromatic amines is 1. The van der Waals surface area contributed by atoms with E-state index in [1.165, 1.54) is 0 Å². The number of benzene rings is 2. The van der Waals surface area contributed by atoms with Crippen LogP contribution in [0.25, 0.3) is 44.6 Å². The van der Waals surface area contributed by atoms with Gasteiger partial charge in [0.15, 0.2) is 16.2 Å². The van der Waals surface area contributed by atoms with Gasteiger partial charge in [0.25, 0.3) is 15.9 Å². The zero-order valence-corrected chi connectivity index (χ0v) is 22.2. The van der Waals surface area contributed by atoms with Crippen LogP contribution in [0.5, 0.6) is 0 Å². The molecule has 0 aliphatic rings. The van der Waals surface area contributed by atoms with Crippen LogP contribution in [0.3, 0.4) is 0 Å². The third-order valence-corrected chi connectivity index (χ3v) is 7.62. The summed E-state index contributed by atoms with van der Waals surface area (Å²) in [4.78, 5) is 45.8. The summed E-state index contributed by atoms with van der Waals surface area (Å²) in [7, 11) is -4.46. The molecule has 0 saturated heterocycles. The molecule has 0 bridgehead atoms. The number of hydrogen-bond donors (Lipinski definition) is 2. The minimum Gasteiger partial charge on any atom is -0.334 e. The normalized spacial score (nSPS) is 11.6. The van der Waals surface area contributed by atoms with E-state index in [0.717, 1.165) is 23.6 Å². The SMILES string of the molecule is O=C(NS(=O)(=O)c1ccc(F)cn1)c1cc(=O)c2nc(-c3cc(Cl)c4ncccc4c3)c(-c3ccccc3)nc2[nH]1. The highest BCUT2D eigenvalue weighted by Gasteiger charge is 2.23. The molecule has 13 heteroatoms. The summed E-state index contributed by atoms with van der Waals surface area (Å²) < 4.78 is 40.2. The number of amides is 1. The number of carbonyl (C=O) groups excluding carboxylic acids is 1. The number of aromatic nitrogens is 5. The molecule has 0 spiro atoms. The minimum atomic E-state index is -4.46. The first kappa shape index (κ1) is 26.2. The number of carbonyl (C=O) groups is 1. The maximum absolute atomic E-state index is 13.2. The Balaban J connectivity index is 1.49. The van der Waals surface area contributed by atoms with Gasteiger partial charge < -0.3 is 4.98 Å². The number of fused-ring (bicyclic) bond motifs is 2. The van der Waals surface area contributed by atoms with Crippen molar-refractivity contribution in [3.63, 3.8) is 0 Å². The largest absolute Gasteiger partial charge is 0.334 e. The van der Waals surface area contributed by atoms with Gasteiger partial charge in [-0.2, -0.15) is 8.42 Å². The monoisotopic (exact) mass is 586 g/mol. The van der Waals surface area contributed by atoms with E-state index in [1.54, 1.807) is 30.5 Å². The molecule has 0 fully saturated rings. The van der Waals surface area contributed by atoms with Crippen LogP contribution in [0.4, 0.5) is 4.39 Å². The molecule has 6 aromatic rings. The number of hydrogen-bond acceptors (Lipinski definition) is 8. The molecule has 10 nitrogen and oxygen atoms in total. The van der Waals surface area contributed by atoms with E-state index in [0.29, 0.717) is 39.3 Å². The third-order valence-electron chi connectivity index (χ3n) is 6.08. The van der Waals surface area contributed by atoms with Crippen molar-refractivity contribution < 1.29 is 17.6 Å². The molecular formula is C28H16ClFN6O4S. The first-order chi connectivity index (χ1) is 19.7. The summed E-state index contributed by atoms with van der Waals surface area (Å²) >= 11 is 6.53. The molecule has 4 heterocycles. The van der Waals surface area contributed by atoms with Gasteiger partial charge in [0.2, 0.25) is 5.43 Å². The van der Waals surface area contributed by atoms with Crippen LogP contribution >= 0.6 is 11.6 Å². The van der Waals surface area contributed by atoms with Crippen LogP contribution in [0.1, 0.15) is 10.5 Å². The van der Waals surface area contributed by atoms with Crippen LogP contribution in [0, 0.1) is 5.82 Å². The molecule has 0 aliphatic heterocycles. The Hall–Kier alpha value is -5.07. The van der Waals surface area contributed by atoms with Crippen molar-refractivity contribution in [3.05, 3.63) is 112 Å². The van der Waals surface area contributed by atoms with Gasteiger partial charge in [-0.1, -0.05) is 48.0 Å². The predicted octanol–water partition coefficient (Wildman–Crippen LogP) is 4.51. The third kappa shape index (κ3) is 5.01. The summed E-state index contributed by atoms with van der Waals surface area (Å²) in [6.07, 6.45) is 2.34. The van der Waals surface area contributed by atoms with E-state index in [4.69, 9.17) is 11.6 Å². The number of H-pyrrole nitrogens is 1. The van der Waals surface area contributed by atoms with Gasteiger partial charge in [0.05, 0.1) is 28.1 Å². The highest BCUT2D eigenvalue weighted by atomic mass is 35.5. The number of nitrogens with zero attached hydrogens (tertiary/aromatic N) is 4. The van der Waals surface area contributed by atoms with Crippen LogP contribution in [-0.2, 0) is 10.0 Å². The van der Waals surface area contributed by atoms with Crippen LogP contribution in [-0.4, -0.2) is 39.2 Å². The molecule has 0 unspecified atom stereocenters. The topological polar surface area (TPSA) is 148 Å². The maximum atomic E-state index is 13.2. The molecule has 6 rings (SSSR count). The second kappa shape index (κ2) is 10.2. The highest BCUT2D eigenvalue weighted by molar-refractivity contribution is 7.90. The summed E-state index contributed by atoms with van der Waals surface area (Å²) in [6, 6.07) is 18.9. The van der Waals surface area contributed by atoms with Crippen molar-refractivity contribution in [1.29, 1.82) is 0 Å². The number of pyridine rings is 3. The summed E-state index contributed by atoms with van der Waals surface area (Å²) in [5.74, 6) is -1.89. The molecule has 202 valence electrons. The van der Waals surface area contributed by atoms with E-state index in [9.17, 15) is 22.4 Å². The maximum Gasteiger partial charge on any atom is 0.281 e. The molecule has 2 N–H and O–H groups in total. The van der Waals surface area contributed by atoms with Gasteiger partial charge in [-0.05, 0) is 30.3 Å². The number of rotatable bonds is 5. The summed E-state index contributed by atoms with van der Waals surface area (Å²) in [6.45, 7) is 0. The van der Waals surface area contributed by atoms with Crippen molar-refractivity contribution in [1.82, 2.24) is 29.6 Å². The molecule has 1 amide bonds. The standard InChI is InChI=1S/C28H16ClFN6O4S/c29-19-12-17(11-16-7-4-10-31-23(16)19)25-24(15-5-2-1-3-6-15)35-27-26(34-25)21(37)13-20(33-27)28(38)36-41(39,40)22-9-8-18(30)14-32-22/h1-14H,(H,36,38)(H,33,35,37). The Bertz CT molecular complexity index is 2160. The van der Waals surface area contributed by atoms with E-state index < -0.39 is 32.2 Å². The second-order valence-corrected chi connectivity index (χ2v) is 10.9. The Morgan fingerprint density at radius 3 is 2.41 bits per heavy atom. The van der Waals surface area contributed by atoms with Crippen LogP contribution in [0.15, 0.2) is 95.0 Å². The quantitative estimate of drug-likeness (QED) is 0.300. The summed E-state index contributed by atoms with van der Waals surface area (Å²) in [5.41, 5.74) is 1.42. The van der Waals surface area contributed by atoms with Crippen molar-refractivity contribution in [2.24, 2.45) is 0 Å². The van der Waals surface area contributed by atoms with Crippen molar-refractivity contribution >= 4 is 49.6 Å². The Morgan fingerprint density at radius 2 is 1.66 bits per heavy atom. The Kier molecular flexibility index (Phi) is 6.48. The van der Waals surface area contributed by atoms with E-state index in [-0.39, 0.29) is 16.9 Å². The van der Waals surface area contributed by atoms with Gasteiger partial charge in [0, 0.05) is 28.8 Å². The lowest BCUT2D eigenvalue weighted by molar-refractivity contribution is 0.0976. The van der Waals surface area contributed by atoms with Crippen LogP contribution in [0.2, 0.25) is 5.02 Å². The van der Waals surface area contributed by atoms with Crippen molar-refractivity contribution in [2.75, 3.05) is 0 Å². The second-order valence-electron chi connectivity index (χ2n) is 8.81. The molecule has 2 aromatic carbocycles. The molecule has 0 radical (unpaired) electrons. The molecular weight excluding hydrogens is 571 g/mol. The number of nitrogens with one attached hydrogen (secondary N) is 2. The Morgan fingerprint density at radius 1 is 0.878 bits per heavy atom. The highest BCUT2D eigenvalue weighted by Crippen LogP contribution is 2.34. The zero-order chi connectivity index (χ0) is 28.7. The molecule has 0 atom stereocenters. The smallest absolute Gasteiger partial charge is 0.281 e. The van der Waals surface area contributed by atoms with E-state index in [2.05, 4.69) is 24.9 Å². The molecule has 0 aliphatic carbocycles. The lowest BCUT2D eigenvalue weighted by Gasteiger charge is -2.12. The van der Waals surface area contributed by atoms with Crippen molar-refractivity contribution in [3.8, 4) is 22.5 Å². The lowest BCUT2D eigenvalue weighted by Crippen LogP contribution is -2.32. The number of sulfonamides is 1. The number of halogens is 2. The first-order valence-corrected chi connectivity index (χ1v) is 13.8.